The number of hydrogen-bond acceptors (Lipinski definition) is 4. The lowest BCUT2D eigenvalue weighted by Gasteiger charge is -2.38. The summed E-state index contributed by atoms with van der Waals surface area (Å²) in [6, 6.07) is 0. The Morgan fingerprint density at radius 1 is 1.32 bits per heavy atom. The van der Waals surface area contributed by atoms with E-state index in [-0.39, 0.29) is 5.41 Å². The van der Waals surface area contributed by atoms with Crippen molar-refractivity contribution >= 4 is 10.1 Å². The summed E-state index contributed by atoms with van der Waals surface area (Å²) in [5.74, 6) is -0.945. The van der Waals surface area contributed by atoms with Gasteiger partial charge in [0.05, 0.1) is 11.9 Å². The fraction of sp³-hybridized carbons (Fsp3) is 0.882. The lowest BCUT2D eigenvalue weighted by Crippen LogP contribution is -2.46. The average molecular weight is 330 g/mol. The fourth-order valence-electron chi connectivity index (χ4n) is 4.10. The second kappa shape index (κ2) is 7.02. The van der Waals surface area contributed by atoms with E-state index in [0.29, 0.717) is 25.9 Å². The van der Waals surface area contributed by atoms with Gasteiger partial charge in [0.2, 0.25) is 0 Å². The Kier molecular flexibility index (Phi) is 5.73. The van der Waals surface area contributed by atoms with Crippen molar-refractivity contribution in [2.45, 2.75) is 82.7 Å². The standard InChI is InChI=1S/C17H30O4S/c1-4-7-9-15(6-3)22(18,19)21-17-12-8-11-16(17,10-5-2)13-14-20-17/h5,15H,2,4,6-14H2,1,3H3. The Morgan fingerprint density at radius 2 is 2.09 bits per heavy atom. The molecule has 0 bridgehead atoms. The molecule has 3 unspecified atom stereocenters. The van der Waals surface area contributed by atoms with Crippen molar-refractivity contribution in [1.82, 2.24) is 0 Å². The first-order valence-electron chi connectivity index (χ1n) is 8.64. The van der Waals surface area contributed by atoms with Gasteiger partial charge >= 0.3 is 0 Å². The Hall–Kier alpha value is -0.390. The maximum absolute atomic E-state index is 12.8. The molecule has 0 spiro atoms. The van der Waals surface area contributed by atoms with E-state index in [9.17, 15) is 8.42 Å². The second-order valence-corrected chi connectivity index (χ2v) is 8.55. The third-order valence-electron chi connectivity index (χ3n) is 5.41. The summed E-state index contributed by atoms with van der Waals surface area (Å²) in [7, 11) is -3.61. The molecular formula is C17H30O4S. The van der Waals surface area contributed by atoms with Crippen LogP contribution in [0.25, 0.3) is 0 Å². The minimum Gasteiger partial charge on any atom is -0.348 e. The van der Waals surface area contributed by atoms with E-state index in [1.54, 1.807) is 0 Å². The number of rotatable bonds is 9. The van der Waals surface area contributed by atoms with Crippen LogP contribution >= 0.6 is 0 Å². The first kappa shape index (κ1) is 18.0. The zero-order chi connectivity index (χ0) is 16.3. The van der Waals surface area contributed by atoms with Crippen LogP contribution in [0, 0.1) is 5.41 Å². The molecule has 5 heteroatoms. The quantitative estimate of drug-likeness (QED) is 0.470. The van der Waals surface area contributed by atoms with Crippen LogP contribution in [-0.2, 0) is 19.0 Å². The summed E-state index contributed by atoms with van der Waals surface area (Å²) in [6.07, 6.45) is 9.24. The van der Waals surface area contributed by atoms with E-state index in [2.05, 4.69) is 13.5 Å². The normalized spacial score (nSPS) is 32.8. The Labute approximate surface area is 135 Å². The number of unbranched alkanes of at least 4 members (excludes halogenated alkanes) is 1. The molecule has 0 radical (unpaired) electrons. The third-order valence-corrected chi connectivity index (χ3v) is 7.30. The largest absolute Gasteiger partial charge is 0.348 e. The van der Waals surface area contributed by atoms with Gasteiger partial charge in [0.1, 0.15) is 0 Å². The maximum atomic E-state index is 12.8. The predicted molar refractivity (Wildman–Crippen MR) is 88.0 cm³/mol. The van der Waals surface area contributed by atoms with Crippen LogP contribution in [0.2, 0.25) is 0 Å². The predicted octanol–water partition coefficient (Wildman–Crippen LogP) is 4.16. The van der Waals surface area contributed by atoms with Crippen molar-refractivity contribution in [3.63, 3.8) is 0 Å². The molecule has 2 rings (SSSR count). The van der Waals surface area contributed by atoms with Crippen LogP contribution < -0.4 is 0 Å². The summed E-state index contributed by atoms with van der Waals surface area (Å²) in [5.41, 5.74) is -0.204. The summed E-state index contributed by atoms with van der Waals surface area (Å²) in [6.45, 7) is 8.41. The SMILES string of the molecule is C=CCC12CCCC1(OS(=O)(=O)C(CC)CCCC)OCC2. The molecule has 4 nitrogen and oxygen atoms in total. The molecule has 2 fully saturated rings. The van der Waals surface area contributed by atoms with Gasteiger partial charge in [0, 0.05) is 11.8 Å². The van der Waals surface area contributed by atoms with Crippen molar-refractivity contribution < 1.29 is 17.3 Å². The molecule has 1 heterocycles. The third kappa shape index (κ3) is 3.13. The molecule has 128 valence electrons. The van der Waals surface area contributed by atoms with Gasteiger partial charge in [0.25, 0.3) is 10.1 Å². The zero-order valence-electron chi connectivity index (χ0n) is 14.0. The van der Waals surface area contributed by atoms with Crippen molar-refractivity contribution in [2.24, 2.45) is 5.41 Å². The van der Waals surface area contributed by atoms with Crippen LogP contribution in [-0.4, -0.2) is 26.1 Å². The minimum absolute atomic E-state index is 0.204. The van der Waals surface area contributed by atoms with Gasteiger partial charge < -0.3 is 4.74 Å². The van der Waals surface area contributed by atoms with E-state index < -0.39 is 21.2 Å². The highest BCUT2D eigenvalue weighted by molar-refractivity contribution is 7.87. The molecule has 22 heavy (non-hydrogen) atoms. The van der Waals surface area contributed by atoms with Gasteiger partial charge in [-0.2, -0.15) is 8.42 Å². The fourth-order valence-corrected chi connectivity index (χ4v) is 5.78. The Morgan fingerprint density at radius 3 is 2.73 bits per heavy atom. The van der Waals surface area contributed by atoms with E-state index in [1.165, 1.54) is 0 Å². The highest BCUT2D eigenvalue weighted by Crippen LogP contribution is 2.58. The summed E-state index contributed by atoms with van der Waals surface area (Å²) >= 11 is 0. The molecule has 0 aromatic carbocycles. The minimum atomic E-state index is -3.61. The molecule has 1 aliphatic carbocycles. The smallest absolute Gasteiger partial charge is 0.272 e. The van der Waals surface area contributed by atoms with Gasteiger partial charge in [0.15, 0.2) is 5.79 Å². The van der Waals surface area contributed by atoms with E-state index in [4.69, 9.17) is 8.92 Å². The van der Waals surface area contributed by atoms with Gasteiger partial charge in [-0.1, -0.05) is 32.8 Å². The van der Waals surface area contributed by atoms with Crippen LogP contribution in [0.5, 0.6) is 0 Å². The summed E-state index contributed by atoms with van der Waals surface area (Å²) < 4.78 is 37.3. The number of fused-ring (bicyclic) bond motifs is 1. The summed E-state index contributed by atoms with van der Waals surface area (Å²) in [4.78, 5) is 0. The molecule has 0 aromatic rings. The Bertz CT molecular complexity index is 473. The molecule has 1 saturated heterocycles. The average Bonchev–Trinajstić information content (AvgIpc) is 2.93. The topological polar surface area (TPSA) is 52.6 Å². The van der Waals surface area contributed by atoms with Gasteiger partial charge in [-0.05, 0) is 38.5 Å². The van der Waals surface area contributed by atoms with Crippen molar-refractivity contribution in [1.29, 1.82) is 0 Å². The van der Waals surface area contributed by atoms with Gasteiger partial charge in [-0.15, -0.1) is 6.58 Å². The van der Waals surface area contributed by atoms with E-state index in [1.807, 2.05) is 13.0 Å². The molecule has 0 aromatic heterocycles. The molecule has 1 saturated carbocycles. The van der Waals surface area contributed by atoms with Gasteiger partial charge in [-0.3, -0.25) is 0 Å². The first-order valence-corrected chi connectivity index (χ1v) is 10.1. The van der Waals surface area contributed by atoms with Crippen LogP contribution in [0.1, 0.15) is 71.6 Å². The van der Waals surface area contributed by atoms with E-state index >= 15 is 0 Å². The van der Waals surface area contributed by atoms with Gasteiger partial charge in [-0.25, -0.2) is 4.18 Å². The van der Waals surface area contributed by atoms with Crippen molar-refractivity contribution in [2.75, 3.05) is 6.61 Å². The van der Waals surface area contributed by atoms with E-state index in [0.717, 1.165) is 38.5 Å². The lowest BCUT2D eigenvalue weighted by atomic mass is 9.77. The first-order chi connectivity index (χ1) is 10.5. The molecule has 2 aliphatic rings. The molecule has 1 aliphatic heterocycles. The highest BCUT2D eigenvalue weighted by atomic mass is 32.2. The number of hydrogen-bond donors (Lipinski definition) is 0. The molecular weight excluding hydrogens is 300 g/mol. The van der Waals surface area contributed by atoms with Crippen LogP contribution in [0.4, 0.5) is 0 Å². The van der Waals surface area contributed by atoms with Crippen molar-refractivity contribution in [3.05, 3.63) is 12.7 Å². The second-order valence-electron chi connectivity index (χ2n) is 6.73. The zero-order valence-corrected chi connectivity index (χ0v) is 14.8. The number of ether oxygens (including phenoxy) is 1. The van der Waals surface area contributed by atoms with Crippen LogP contribution in [0.3, 0.4) is 0 Å². The molecule has 0 amide bonds. The highest BCUT2D eigenvalue weighted by Gasteiger charge is 2.62. The molecule has 3 atom stereocenters. The Balaban J connectivity index is 2.21. The lowest BCUT2D eigenvalue weighted by molar-refractivity contribution is -0.188. The molecule has 0 N–H and O–H groups in total. The van der Waals surface area contributed by atoms with Crippen molar-refractivity contribution in [3.8, 4) is 0 Å². The summed E-state index contributed by atoms with van der Waals surface area (Å²) in [5, 5.41) is -0.423. The van der Waals surface area contributed by atoms with Crippen LogP contribution in [0.15, 0.2) is 12.7 Å². The maximum Gasteiger partial charge on any atom is 0.272 e. The monoisotopic (exact) mass is 330 g/mol. The number of allylic oxidation sites excluding steroid dienone is 1.